The van der Waals surface area contributed by atoms with Crippen molar-refractivity contribution in [2.24, 2.45) is 0 Å². The van der Waals surface area contributed by atoms with Gasteiger partial charge in [-0.25, -0.2) is 4.79 Å². The summed E-state index contributed by atoms with van der Waals surface area (Å²) < 4.78 is 15.4. The lowest BCUT2D eigenvalue weighted by atomic mass is 10.1. The van der Waals surface area contributed by atoms with Crippen LogP contribution < -0.4 is 9.47 Å². The second kappa shape index (κ2) is 7.60. The zero-order chi connectivity index (χ0) is 18.5. The van der Waals surface area contributed by atoms with E-state index in [1.807, 2.05) is 0 Å². The molecule has 0 saturated heterocycles. The largest absolute Gasteiger partial charge is 0.497 e. The van der Waals surface area contributed by atoms with Crippen molar-refractivity contribution in [2.75, 3.05) is 20.8 Å². The third-order valence-corrected chi connectivity index (χ3v) is 3.75. The Kier molecular flexibility index (Phi) is 5.07. The zero-order valence-corrected chi connectivity index (χ0v) is 14.3. The first-order valence-electron chi connectivity index (χ1n) is 7.75. The molecule has 3 aromatic rings. The molecular weight excluding hydrogens is 336 g/mol. The zero-order valence-electron chi connectivity index (χ0n) is 14.3. The van der Waals surface area contributed by atoms with Gasteiger partial charge in [-0.15, -0.1) is 0 Å². The van der Waals surface area contributed by atoms with E-state index in [0.29, 0.717) is 28.1 Å². The maximum Gasteiger partial charge on any atom is 0.338 e. The van der Waals surface area contributed by atoms with Crippen molar-refractivity contribution >= 4 is 22.8 Å². The molecular formula is C19H16N2O5. The number of rotatable bonds is 6. The van der Waals surface area contributed by atoms with Crippen molar-refractivity contribution in [3.63, 3.8) is 0 Å². The lowest BCUT2D eigenvalue weighted by Gasteiger charge is -2.10. The number of esters is 1. The number of hydrogen-bond acceptors (Lipinski definition) is 7. The SMILES string of the molecule is COc1ccc(OC)c(C(=O)COC(=O)c2ccc3nccnc3c2)c1. The first-order valence-corrected chi connectivity index (χ1v) is 7.75. The predicted octanol–water partition coefficient (Wildman–Crippen LogP) is 2.69. The van der Waals surface area contributed by atoms with Gasteiger partial charge in [-0.2, -0.15) is 0 Å². The molecule has 26 heavy (non-hydrogen) atoms. The highest BCUT2D eigenvalue weighted by Gasteiger charge is 2.17. The highest BCUT2D eigenvalue weighted by Crippen LogP contribution is 2.24. The summed E-state index contributed by atoms with van der Waals surface area (Å²) in [6, 6.07) is 9.66. The summed E-state index contributed by atoms with van der Waals surface area (Å²) in [6.07, 6.45) is 3.11. The van der Waals surface area contributed by atoms with Crippen LogP contribution in [0.15, 0.2) is 48.8 Å². The number of aromatic nitrogens is 2. The number of carbonyl (C=O) groups is 2. The molecule has 0 aliphatic rings. The van der Waals surface area contributed by atoms with Gasteiger partial charge in [0.2, 0.25) is 5.78 Å². The average Bonchev–Trinajstić information content (AvgIpc) is 2.70. The van der Waals surface area contributed by atoms with Crippen LogP contribution in [0.4, 0.5) is 0 Å². The van der Waals surface area contributed by atoms with Gasteiger partial charge in [0.25, 0.3) is 0 Å². The summed E-state index contributed by atoms with van der Waals surface area (Å²) in [6.45, 7) is -0.416. The maximum absolute atomic E-state index is 12.4. The van der Waals surface area contributed by atoms with Crippen LogP contribution in [0.2, 0.25) is 0 Å². The van der Waals surface area contributed by atoms with Crippen molar-refractivity contribution in [2.45, 2.75) is 0 Å². The van der Waals surface area contributed by atoms with E-state index in [1.165, 1.54) is 20.4 Å². The fourth-order valence-electron chi connectivity index (χ4n) is 2.41. The first-order chi connectivity index (χ1) is 12.6. The van der Waals surface area contributed by atoms with Crippen LogP contribution in [0.3, 0.4) is 0 Å². The molecule has 0 atom stereocenters. The average molecular weight is 352 g/mol. The molecule has 0 bridgehead atoms. The number of carbonyl (C=O) groups excluding carboxylic acids is 2. The van der Waals surface area contributed by atoms with Gasteiger partial charge >= 0.3 is 5.97 Å². The van der Waals surface area contributed by atoms with Crippen LogP contribution in [0, 0.1) is 0 Å². The molecule has 0 fully saturated rings. The predicted molar refractivity (Wildman–Crippen MR) is 93.7 cm³/mol. The third-order valence-electron chi connectivity index (χ3n) is 3.75. The van der Waals surface area contributed by atoms with Crippen LogP contribution in [0.25, 0.3) is 11.0 Å². The fraction of sp³-hybridized carbons (Fsp3) is 0.158. The maximum atomic E-state index is 12.4. The Hall–Kier alpha value is -3.48. The molecule has 0 spiro atoms. The number of Topliss-reactive ketones (excluding diaryl/α,β-unsaturated/α-hetero) is 1. The third kappa shape index (κ3) is 3.61. The smallest absolute Gasteiger partial charge is 0.338 e. The Morgan fingerprint density at radius 2 is 1.69 bits per heavy atom. The summed E-state index contributed by atoms with van der Waals surface area (Å²) in [4.78, 5) is 32.9. The molecule has 7 heteroatoms. The topological polar surface area (TPSA) is 87.6 Å². The van der Waals surface area contributed by atoms with Gasteiger partial charge in [0.05, 0.1) is 36.4 Å². The number of ketones is 1. The minimum absolute atomic E-state index is 0.282. The second-order valence-electron chi connectivity index (χ2n) is 5.33. The molecule has 1 heterocycles. The van der Waals surface area contributed by atoms with Crippen molar-refractivity contribution in [1.29, 1.82) is 0 Å². The molecule has 0 aliphatic carbocycles. The Bertz CT molecular complexity index is 971. The number of fused-ring (bicyclic) bond motifs is 1. The molecule has 0 N–H and O–H groups in total. The molecule has 0 amide bonds. The summed E-state index contributed by atoms with van der Waals surface area (Å²) in [5.74, 6) is -0.121. The summed E-state index contributed by atoms with van der Waals surface area (Å²) in [7, 11) is 2.96. The van der Waals surface area contributed by atoms with E-state index in [-0.39, 0.29) is 5.56 Å². The van der Waals surface area contributed by atoms with Gasteiger partial charge in [0.1, 0.15) is 11.5 Å². The van der Waals surface area contributed by atoms with Gasteiger partial charge in [-0.3, -0.25) is 14.8 Å². The molecule has 0 unspecified atom stereocenters. The van der Waals surface area contributed by atoms with Gasteiger partial charge in [0, 0.05) is 12.4 Å². The lowest BCUT2D eigenvalue weighted by Crippen LogP contribution is -2.15. The number of hydrogen-bond donors (Lipinski definition) is 0. The van der Waals surface area contributed by atoms with E-state index < -0.39 is 18.4 Å². The van der Waals surface area contributed by atoms with Crippen LogP contribution in [0.5, 0.6) is 11.5 Å². The van der Waals surface area contributed by atoms with Crippen LogP contribution in [-0.4, -0.2) is 42.5 Å². The Morgan fingerprint density at radius 1 is 0.923 bits per heavy atom. The molecule has 3 rings (SSSR count). The summed E-state index contributed by atoms with van der Waals surface area (Å²) in [5.41, 5.74) is 1.82. The molecule has 7 nitrogen and oxygen atoms in total. The molecule has 0 radical (unpaired) electrons. The standard InChI is InChI=1S/C19H16N2O5/c1-24-13-4-6-18(25-2)14(10-13)17(22)11-26-19(23)12-3-5-15-16(9-12)21-8-7-20-15/h3-10H,11H2,1-2H3. The van der Waals surface area contributed by atoms with Gasteiger partial charge in [0.15, 0.2) is 6.61 Å². The summed E-state index contributed by atoms with van der Waals surface area (Å²) >= 11 is 0. The summed E-state index contributed by atoms with van der Waals surface area (Å²) in [5, 5.41) is 0. The minimum atomic E-state index is -0.618. The van der Waals surface area contributed by atoms with Gasteiger partial charge in [-0.05, 0) is 36.4 Å². The van der Waals surface area contributed by atoms with Gasteiger partial charge < -0.3 is 14.2 Å². The molecule has 1 aromatic heterocycles. The van der Waals surface area contributed by atoms with Crippen LogP contribution in [0.1, 0.15) is 20.7 Å². The number of methoxy groups -OCH3 is 2. The molecule has 0 aliphatic heterocycles. The van der Waals surface area contributed by atoms with E-state index in [1.54, 1.807) is 42.6 Å². The highest BCUT2D eigenvalue weighted by molar-refractivity contribution is 6.02. The monoisotopic (exact) mass is 352 g/mol. The van der Waals surface area contributed by atoms with Crippen molar-refractivity contribution in [1.82, 2.24) is 9.97 Å². The number of benzene rings is 2. The Balaban J connectivity index is 1.73. The van der Waals surface area contributed by atoms with E-state index in [4.69, 9.17) is 14.2 Å². The molecule has 0 saturated carbocycles. The fourth-order valence-corrected chi connectivity index (χ4v) is 2.41. The lowest BCUT2D eigenvalue weighted by molar-refractivity contribution is 0.0474. The highest BCUT2D eigenvalue weighted by atomic mass is 16.5. The first kappa shape index (κ1) is 17.3. The van der Waals surface area contributed by atoms with E-state index in [9.17, 15) is 9.59 Å². The van der Waals surface area contributed by atoms with Crippen molar-refractivity contribution in [3.8, 4) is 11.5 Å². The molecule has 132 valence electrons. The van der Waals surface area contributed by atoms with Gasteiger partial charge in [-0.1, -0.05) is 0 Å². The van der Waals surface area contributed by atoms with E-state index in [0.717, 1.165) is 0 Å². The number of nitrogens with zero attached hydrogens (tertiary/aromatic N) is 2. The van der Waals surface area contributed by atoms with Crippen LogP contribution >= 0.6 is 0 Å². The van der Waals surface area contributed by atoms with Crippen molar-refractivity contribution < 1.29 is 23.8 Å². The Labute approximate surface area is 149 Å². The van der Waals surface area contributed by atoms with E-state index in [2.05, 4.69) is 9.97 Å². The normalized spacial score (nSPS) is 10.4. The quantitative estimate of drug-likeness (QED) is 0.498. The minimum Gasteiger partial charge on any atom is -0.497 e. The molecule has 2 aromatic carbocycles. The second-order valence-corrected chi connectivity index (χ2v) is 5.33. The Morgan fingerprint density at radius 3 is 2.42 bits per heavy atom. The van der Waals surface area contributed by atoms with Crippen LogP contribution in [-0.2, 0) is 4.74 Å². The number of ether oxygens (including phenoxy) is 3. The van der Waals surface area contributed by atoms with E-state index >= 15 is 0 Å². The van der Waals surface area contributed by atoms with Crippen molar-refractivity contribution in [3.05, 3.63) is 59.9 Å².